The minimum atomic E-state index is -5.16. The molecule has 0 amide bonds. The summed E-state index contributed by atoms with van der Waals surface area (Å²) in [5.74, 6) is -1.08. The van der Waals surface area contributed by atoms with Crippen LogP contribution in [-0.2, 0) is 35.7 Å². The van der Waals surface area contributed by atoms with E-state index in [2.05, 4.69) is 9.57 Å². The number of likely N-dealkylation sites (N-methyl/N-ethyl adjacent to an activating group) is 1. The molecular weight excluding hydrogens is 382 g/mol. The van der Waals surface area contributed by atoms with Crippen molar-refractivity contribution in [2.45, 2.75) is 19.9 Å². The van der Waals surface area contributed by atoms with Gasteiger partial charge in [-0.3, -0.25) is 18.4 Å². The number of ketones is 1. The summed E-state index contributed by atoms with van der Waals surface area (Å²) < 4.78 is 68.9. The van der Waals surface area contributed by atoms with Gasteiger partial charge in [0.15, 0.2) is 10.9 Å². The molecule has 0 spiro atoms. The zero-order chi connectivity index (χ0) is 18.1. The molecule has 132 valence electrons. The lowest BCUT2D eigenvalue weighted by Gasteiger charge is -2.36. The fraction of sp³-hybridized carbons (Fsp3) is 0.455. The molecule has 2 unspecified atom stereocenters. The lowest BCUT2D eigenvalue weighted by Crippen LogP contribution is -2.59. The van der Waals surface area contributed by atoms with Gasteiger partial charge in [-0.05, 0) is 19.9 Å². The first kappa shape index (κ1) is 17.6. The standard InChI is InChI=1S/C11H13N3O7S3/c1-3-14(4-2)8-6(22-11(14)12-13-22)5-7(23(16,17)18)10(9(8)15)24(19,20)21/h5,8H,3-4H2,1-2H3,(H-,16,17,18,19,20,21)/p+1. The number of hydrogen-bond donors (Lipinski definition) is 2. The van der Waals surface area contributed by atoms with Gasteiger partial charge in [0, 0.05) is 0 Å². The third-order valence-corrected chi connectivity index (χ3v) is 8.15. The molecule has 0 radical (unpaired) electrons. The minimum Gasteiger partial charge on any atom is -0.286 e. The Bertz CT molecular complexity index is 997. The number of hydrogen-bond acceptors (Lipinski definition) is 7. The number of carbonyl (C=O) groups excluding carboxylic acids is 1. The molecule has 0 saturated carbocycles. The third kappa shape index (κ3) is 2.12. The normalized spacial score (nSPS) is 28.4. The van der Waals surface area contributed by atoms with Crippen LogP contribution in [-0.4, -0.2) is 60.5 Å². The molecule has 3 rings (SSSR count). The van der Waals surface area contributed by atoms with Crippen molar-refractivity contribution in [2.75, 3.05) is 13.1 Å². The summed E-state index contributed by atoms with van der Waals surface area (Å²) in [6, 6.07) is -1.03. The Balaban J connectivity index is 2.36. The highest BCUT2D eigenvalue weighted by Crippen LogP contribution is 2.45. The highest BCUT2D eigenvalue weighted by atomic mass is 32.2. The van der Waals surface area contributed by atoms with Gasteiger partial charge in [0.2, 0.25) is 5.78 Å². The van der Waals surface area contributed by atoms with Crippen LogP contribution in [0.5, 0.6) is 0 Å². The molecule has 0 aromatic carbocycles. The number of carbonyl (C=O) groups is 1. The van der Waals surface area contributed by atoms with Crippen molar-refractivity contribution in [3.63, 3.8) is 0 Å². The van der Waals surface area contributed by atoms with Gasteiger partial charge in [0.25, 0.3) is 20.2 Å². The molecular formula is C11H14N3O7S3+. The van der Waals surface area contributed by atoms with Crippen LogP contribution in [0, 0.1) is 0 Å². The number of quaternary nitrogens is 1. The van der Waals surface area contributed by atoms with Gasteiger partial charge in [-0.2, -0.15) is 16.8 Å². The van der Waals surface area contributed by atoms with Crippen molar-refractivity contribution in [1.82, 2.24) is 0 Å². The fourth-order valence-electron chi connectivity index (χ4n) is 3.23. The van der Waals surface area contributed by atoms with Gasteiger partial charge in [-0.15, -0.1) is 4.47 Å². The van der Waals surface area contributed by atoms with Crippen molar-refractivity contribution >= 4 is 41.9 Å². The lowest BCUT2D eigenvalue weighted by molar-refractivity contribution is -0.842. The zero-order valence-electron chi connectivity index (χ0n) is 12.6. The van der Waals surface area contributed by atoms with Gasteiger partial charge in [-0.1, -0.05) is 5.10 Å². The number of rotatable bonds is 4. The predicted octanol–water partition coefficient (Wildman–Crippen LogP) is -0.234. The maximum atomic E-state index is 12.8. The molecule has 0 aromatic rings. The van der Waals surface area contributed by atoms with Crippen LogP contribution in [0.4, 0.5) is 0 Å². The van der Waals surface area contributed by atoms with Crippen molar-refractivity contribution in [1.29, 1.82) is 0 Å². The van der Waals surface area contributed by atoms with Gasteiger partial charge in [-0.25, -0.2) is 0 Å². The number of allylic oxidation sites excluding steroid dienone is 1. The topological polar surface area (TPSA) is 151 Å². The summed E-state index contributed by atoms with van der Waals surface area (Å²) in [7, 11) is -11.1. The first-order valence-electron chi connectivity index (χ1n) is 6.84. The van der Waals surface area contributed by atoms with E-state index in [1.807, 2.05) is 0 Å². The summed E-state index contributed by atoms with van der Waals surface area (Å²) in [5, 5.41) is 4.52. The monoisotopic (exact) mass is 396 g/mol. The summed E-state index contributed by atoms with van der Waals surface area (Å²) >= 11 is 0. The average molecular weight is 396 g/mol. The third-order valence-electron chi connectivity index (χ3n) is 4.38. The van der Waals surface area contributed by atoms with E-state index >= 15 is 0 Å². The van der Waals surface area contributed by atoms with E-state index in [0.29, 0.717) is 18.3 Å². The SMILES string of the molecule is CC[N+]1(CC)C2=NN=S2C2=CC(S(=O)(=O)O)=C(S(=O)(=O)O)C(=O)C21. The molecule has 24 heavy (non-hydrogen) atoms. The van der Waals surface area contributed by atoms with Crippen LogP contribution < -0.4 is 0 Å². The number of fused-ring (bicyclic) bond motifs is 3. The van der Waals surface area contributed by atoms with Crippen LogP contribution >= 0.6 is 0 Å². The molecule has 2 atom stereocenters. The predicted molar refractivity (Wildman–Crippen MR) is 85.6 cm³/mol. The Labute approximate surface area is 140 Å². The Hall–Kier alpha value is -1.25. The van der Waals surface area contributed by atoms with Crippen LogP contribution in [0.25, 0.3) is 0 Å². The molecule has 1 aliphatic carbocycles. The summed E-state index contributed by atoms with van der Waals surface area (Å²) in [6.45, 7) is 4.39. The maximum Gasteiger partial charge on any atom is 0.301 e. The van der Waals surface area contributed by atoms with Crippen molar-refractivity contribution in [2.24, 2.45) is 9.57 Å². The van der Waals surface area contributed by atoms with Gasteiger partial charge < -0.3 is 0 Å². The first-order chi connectivity index (χ1) is 11.0. The molecule has 10 nitrogen and oxygen atoms in total. The van der Waals surface area contributed by atoms with E-state index in [0.717, 1.165) is 6.08 Å². The molecule has 1 fully saturated rings. The van der Waals surface area contributed by atoms with E-state index in [9.17, 15) is 30.7 Å². The maximum absolute atomic E-state index is 12.8. The van der Waals surface area contributed by atoms with E-state index in [1.54, 1.807) is 13.8 Å². The first-order valence-corrected chi connectivity index (χ1v) is 10.9. The summed E-state index contributed by atoms with van der Waals surface area (Å²) in [4.78, 5) is 10.7. The van der Waals surface area contributed by atoms with E-state index in [1.165, 1.54) is 0 Å². The Morgan fingerprint density at radius 1 is 1.17 bits per heavy atom. The Morgan fingerprint density at radius 3 is 2.12 bits per heavy atom. The second-order valence-corrected chi connectivity index (χ2v) is 9.69. The molecule has 3 aliphatic rings. The average Bonchev–Trinajstić information content (AvgIpc) is 2.60. The van der Waals surface area contributed by atoms with Crippen LogP contribution in [0.1, 0.15) is 13.8 Å². The molecule has 2 N–H and O–H groups in total. The molecule has 0 aromatic heterocycles. The quantitative estimate of drug-likeness (QED) is 0.492. The Kier molecular flexibility index (Phi) is 3.75. The number of amidine groups is 1. The van der Waals surface area contributed by atoms with Crippen molar-refractivity contribution in [3.05, 3.63) is 20.8 Å². The molecule has 0 bridgehead atoms. The highest BCUT2D eigenvalue weighted by Gasteiger charge is 2.62. The van der Waals surface area contributed by atoms with Gasteiger partial charge >= 0.3 is 5.17 Å². The van der Waals surface area contributed by atoms with E-state index in [-0.39, 0.29) is 9.39 Å². The van der Waals surface area contributed by atoms with Crippen molar-refractivity contribution < 1.29 is 35.2 Å². The summed E-state index contributed by atoms with van der Waals surface area (Å²) in [5.41, 5.74) is 0. The molecule has 2 heterocycles. The van der Waals surface area contributed by atoms with Crippen LogP contribution in [0.2, 0.25) is 0 Å². The second-order valence-electron chi connectivity index (χ2n) is 5.37. The number of nitrogens with zero attached hydrogens (tertiary/aromatic N) is 3. The summed E-state index contributed by atoms with van der Waals surface area (Å²) in [6.07, 6.45) is 0.928. The smallest absolute Gasteiger partial charge is 0.286 e. The zero-order valence-corrected chi connectivity index (χ0v) is 15.0. The van der Waals surface area contributed by atoms with Crippen LogP contribution in [0.15, 0.2) is 30.4 Å². The fourth-order valence-corrected chi connectivity index (χ4v) is 7.22. The van der Waals surface area contributed by atoms with Crippen molar-refractivity contribution in [3.8, 4) is 0 Å². The van der Waals surface area contributed by atoms with Crippen LogP contribution in [0.3, 0.4) is 0 Å². The highest BCUT2D eigenvalue weighted by molar-refractivity contribution is 8.07. The minimum absolute atomic E-state index is 0.0229. The van der Waals surface area contributed by atoms with Gasteiger partial charge in [0.1, 0.15) is 4.91 Å². The Morgan fingerprint density at radius 2 is 1.75 bits per heavy atom. The van der Waals surface area contributed by atoms with Gasteiger partial charge in [0.05, 0.1) is 28.7 Å². The molecule has 2 aliphatic heterocycles. The molecule has 1 saturated heterocycles. The second kappa shape index (κ2) is 5.12. The largest absolute Gasteiger partial charge is 0.301 e. The number of Topliss-reactive ketones (excluding diaryl/α,β-unsaturated/α-hetero) is 1. The molecule has 13 heteroatoms. The van der Waals surface area contributed by atoms with E-state index in [4.69, 9.17) is 0 Å². The van der Waals surface area contributed by atoms with E-state index < -0.39 is 52.6 Å². The lowest BCUT2D eigenvalue weighted by atomic mass is 10.0.